The van der Waals surface area contributed by atoms with Crippen LogP contribution in [0.15, 0.2) is 42.6 Å². The van der Waals surface area contributed by atoms with E-state index in [4.69, 9.17) is 19.4 Å². The van der Waals surface area contributed by atoms with E-state index in [0.717, 1.165) is 41.6 Å². The molecule has 3 aromatic rings. The van der Waals surface area contributed by atoms with Gasteiger partial charge >= 0.3 is 12.1 Å². The fourth-order valence-electron chi connectivity index (χ4n) is 6.13. The van der Waals surface area contributed by atoms with Crippen LogP contribution in [0.2, 0.25) is 0 Å². The number of hydrogen-bond acceptors (Lipinski definition) is 8. The lowest BCUT2D eigenvalue weighted by atomic mass is 9.94. The highest BCUT2D eigenvalue weighted by Gasteiger charge is 2.38. The highest BCUT2D eigenvalue weighted by Crippen LogP contribution is 2.39. The zero-order valence-corrected chi connectivity index (χ0v) is 28.9. The highest BCUT2D eigenvalue weighted by molar-refractivity contribution is 5.97. The number of alkyl halides is 3. The number of nitrogens with one attached hydrogen (secondary N) is 2. The molecule has 0 bridgehead atoms. The molecule has 2 amide bonds. The van der Waals surface area contributed by atoms with Crippen LogP contribution in [0.5, 0.6) is 11.5 Å². The summed E-state index contributed by atoms with van der Waals surface area (Å²) in [6.07, 6.45) is 4.35. The predicted molar refractivity (Wildman–Crippen MR) is 184 cm³/mol. The van der Waals surface area contributed by atoms with Gasteiger partial charge in [-0.15, -0.1) is 0 Å². The van der Waals surface area contributed by atoms with Crippen molar-refractivity contribution in [2.24, 2.45) is 7.05 Å². The molecule has 0 saturated heterocycles. The van der Waals surface area contributed by atoms with E-state index < -0.39 is 12.1 Å². The van der Waals surface area contributed by atoms with Crippen LogP contribution >= 0.6 is 0 Å². The van der Waals surface area contributed by atoms with Gasteiger partial charge in [-0.05, 0) is 61.9 Å². The number of phenolic OH excluding ortho intramolecular Hbond substituents is 1. The van der Waals surface area contributed by atoms with Crippen LogP contribution in [0.25, 0.3) is 11.1 Å². The number of aromatic nitrogens is 2. The number of rotatable bonds is 14. The van der Waals surface area contributed by atoms with Crippen LogP contribution < -0.4 is 15.4 Å². The number of phenols is 1. The molecule has 2 heterocycles. The number of aromatic hydroxyl groups is 1. The molecular weight excluding hydrogens is 671 g/mol. The van der Waals surface area contributed by atoms with Gasteiger partial charge in [0.1, 0.15) is 11.4 Å². The van der Waals surface area contributed by atoms with Crippen molar-refractivity contribution in [3.8, 4) is 22.6 Å². The first-order valence-electron chi connectivity index (χ1n) is 17.1. The Bertz CT molecular complexity index is 1640. The zero-order valence-electron chi connectivity index (χ0n) is 28.9. The van der Waals surface area contributed by atoms with Crippen molar-refractivity contribution in [3.05, 3.63) is 59.4 Å². The second kappa shape index (κ2) is 18.6. The van der Waals surface area contributed by atoms with Gasteiger partial charge in [-0.3, -0.25) is 14.3 Å². The molecular formula is C36H46F3N5O7. The summed E-state index contributed by atoms with van der Waals surface area (Å²) in [5.74, 6) is -2.35. The summed E-state index contributed by atoms with van der Waals surface area (Å²) in [5.41, 5.74) is 5.89. The minimum atomic E-state index is -5.08. The lowest BCUT2D eigenvalue weighted by Crippen LogP contribution is -2.45. The number of halogens is 3. The number of nitrogens with zero attached hydrogens (tertiary/aromatic N) is 3. The van der Waals surface area contributed by atoms with Gasteiger partial charge < -0.3 is 35.2 Å². The van der Waals surface area contributed by atoms with Gasteiger partial charge in [-0.2, -0.15) is 18.3 Å². The van der Waals surface area contributed by atoms with Crippen LogP contribution in [-0.2, 0) is 39.0 Å². The summed E-state index contributed by atoms with van der Waals surface area (Å²) in [5, 5.41) is 27.7. The number of ether oxygens (including phenoxy) is 2. The van der Waals surface area contributed by atoms with Crippen LogP contribution in [0.3, 0.4) is 0 Å². The first kappa shape index (κ1) is 39.2. The monoisotopic (exact) mass is 717 g/mol. The predicted octanol–water partition coefficient (Wildman–Crippen LogP) is 5.01. The molecule has 0 unspecified atom stereocenters. The third-order valence-electron chi connectivity index (χ3n) is 8.98. The Kier molecular flexibility index (Phi) is 14.3. The summed E-state index contributed by atoms with van der Waals surface area (Å²) >= 11 is 0. The number of carboxylic acids is 1. The van der Waals surface area contributed by atoms with E-state index >= 15 is 0 Å². The Balaban J connectivity index is 0.000000755. The first-order valence-corrected chi connectivity index (χ1v) is 17.1. The SMILES string of the molecule is Cc1c(-c2cccc(CCOCCC(=O)N(CCNCCc3ccc(O)c4c3OCC(=O)N4)C3CCCCC3)c2)cnn1C.O=C(O)C(F)(F)F. The molecule has 4 N–H and O–H groups in total. The average Bonchev–Trinajstić information content (AvgIpc) is 3.44. The van der Waals surface area contributed by atoms with Crippen molar-refractivity contribution in [1.29, 1.82) is 0 Å². The number of amides is 2. The van der Waals surface area contributed by atoms with E-state index in [-0.39, 0.29) is 30.2 Å². The molecule has 2 aromatic carbocycles. The summed E-state index contributed by atoms with van der Waals surface area (Å²) in [6.45, 7) is 5.03. The molecule has 0 radical (unpaired) electrons. The second-order valence-corrected chi connectivity index (χ2v) is 12.5. The molecule has 278 valence electrons. The number of carboxylic acid groups (broad SMARTS) is 1. The largest absolute Gasteiger partial charge is 0.506 e. The Morgan fingerprint density at radius 1 is 1.12 bits per heavy atom. The first-order chi connectivity index (χ1) is 24.3. The lowest BCUT2D eigenvalue weighted by molar-refractivity contribution is -0.192. The molecule has 0 atom stereocenters. The number of hydrogen-bond donors (Lipinski definition) is 4. The van der Waals surface area contributed by atoms with Crippen LogP contribution in [-0.4, -0.2) is 94.4 Å². The molecule has 2 aliphatic rings. The Morgan fingerprint density at radius 3 is 2.55 bits per heavy atom. The minimum Gasteiger partial charge on any atom is -0.506 e. The highest BCUT2D eigenvalue weighted by atomic mass is 19.4. The molecule has 15 heteroatoms. The van der Waals surface area contributed by atoms with E-state index in [1.807, 2.05) is 24.0 Å². The molecule has 0 spiro atoms. The third-order valence-corrected chi connectivity index (χ3v) is 8.98. The van der Waals surface area contributed by atoms with E-state index in [9.17, 15) is 27.9 Å². The van der Waals surface area contributed by atoms with E-state index in [2.05, 4.69) is 51.8 Å². The van der Waals surface area contributed by atoms with Crippen molar-refractivity contribution in [2.45, 2.75) is 70.5 Å². The second-order valence-electron chi connectivity index (χ2n) is 12.5. The minimum absolute atomic E-state index is 0.000443. The van der Waals surface area contributed by atoms with Gasteiger partial charge in [-0.25, -0.2) is 4.79 Å². The zero-order chi connectivity index (χ0) is 37.0. The normalized spacial score (nSPS) is 14.5. The van der Waals surface area contributed by atoms with E-state index in [1.54, 1.807) is 6.07 Å². The number of carbonyl (C=O) groups is 3. The Hall–Kier alpha value is -4.63. The third kappa shape index (κ3) is 11.4. The van der Waals surface area contributed by atoms with Gasteiger partial charge in [0.2, 0.25) is 5.91 Å². The van der Waals surface area contributed by atoms with Crippen molar-refractivity contribution in [1.82, 2.24) is 20.0 Å². The molecule has 1 aromatic heterocycles. The topological polar surface area (TPSA) is 155 Å². The number of fused-ring (bicyclic) bond motifs is 1. The average molecular weight is 718 g/mol. The van der Waals surface area contributed by atoms with E-state index in [0.29, 0.717) is 57.1 Å². The van der Waals surface area contributed by atoms with Gasteiger partial charge in [-0.1, -0.05) is 49.6 Å². The van der Waals surface area contributed by atoms with Gasteiger partial charge in [0.05, 0.1) is 25.8 Å². The summed E-state index contributed by atoms with van der Waals surface area (Å²) in [4.78, 5) is 36.0. The molecule has 1 aliphatic heterocycles. The number of aliphatic carboxylic acids is 1. The maximum Gasteiger partial charge on any atom is 0.490 e. The van der Waals surface area contributed by atoms with Crippen molar-refractivity contribution < 1.29 is 47.2 Å². The fraction of sp³-hybridized carbons (Fsp3) is 0.500. The number of aryl methyl sites for hydroxylation is 1. The molecule has 1 aliphatic carbocycles. The molecule has 12 nitrogen and oxygen atoms in total. The van der Waals surface area contributed by atoms with Crippen molar-refractivity contribution >= 4 is 23.5 Å². The molecule has 5 rings (SSSR count). The smallest absolute Gasteiger partial charge is 0.490 e. The van der Waals surface area contributed by atoms with Gasteiger partial charge in [0.25, 0.3) is 5.91 Å². The number of anilines is 1. The Labute approximate surface area is 294 Å². The maximum absolute atomic E-state index is 13.4. The summed E-state index contributed by atoms with van der Waals surface area (Å²) in [6, 6.07) is 12.2. The lowest BCUT2D eigenvalue weighted by Gasteiger charge is -2.34. The molecule has 1 saturated carbocycles. The van der Waals surface area contributed by atoms with Gasteiger partial charge in [0, 0.05) is 37.4 Å². The molecule has 1 fully saturated rings. The summed E-state index contributed by atoms with van der Waals surface area (Å²) in [7, 11) is 1.95. The van der Waals surface area contributed by atoms with Crippen LogP contribution in [0, 0.1) is 6.92 Å². The maximum atomic E-state index is 13.4. The quantitative estimate of drug-likeness (QED) is 0.133. The number of carbonyl (C=O) groups excluding carboxylic acids is 2. The standard InChI is InChI=1S/C34H45N5O5.C2HF3O2/c1-24-29(22-36-38(24)2)27-8-6-7-25(21-27)14-19-43-20-15-32(42)39(28-9-4-3-5-10-28)18-17-35-16-13-26-11-12-30(40)33-34(26)44-23-31(41)37-33;3-2(4,5)1(6)7/h6-8,11-12,21-22,28,35,40H,3-5,9-10,13-20,23H2,1-2H3,(H,37,41);(H,6,7). The summed E-state index contributed by atoms with van der Waals surface area (Å²) < 4.78 is 45.2. The van der Waals surface area contributed by atoms with Crippen LogP contribution in [0.1, 0.15) is 55.3 Å². The van der Waals surface area contributed by atoms with E-state index in [1.165, 1.54) is 24.8 Å². The Morgan fingerprint density at radius 2 is 1.86 bits per heavy atom. The number of benzene rings is 2. The van der Waals surface area contributed by atoms with Crippen molar-refractivity contribution in [3.63, 3.8) is 0 Å². The molecule has 51 heavy (non-hydrogen) atoms. The fourth-order valence-corrected chi connectivity index (χ4v) is 6.13. The van der Waals surface area contributed by atoms with Gasteiger partial charge in [0.15, 0.2) is 12.4 Å². The van der Waals surface area contributed by atoms with Crippen LogP contribution in [0.4, 0.5) is 18.9 Å². The van der Waals surface area contributed by atoms with Crippen molar-refractivity contribution in [2.75, 3.05) is 44.8 Å².